The van der Waals surface area contributed by atoms with Gasteiger partial charge in [0.25, 0.3) is 0 Å². The highest BCUT2D eigenvalue weighted by atomic mass is 32.2. The summed E-state index contributed by atoms with van der Waals surface area (Å²) in [6, 6.07) is 0.206. The summed E-state index contributed by atoms with van der Waals surface area (Å²) in [5.41, 5.74) is 6.70. The fraction of sp³-hybridized carbons (Fsp3) is 0.722. The molecular formula is C18H27N3O3S2. The van der Waals surface area contributed by atoms with Crippen LogP contribution in [0.15, 0.2) is 9.72 Å². The predicted octanol–water partition coefficient (Wildman–Crippen LogP) is 3.08. The smallest absolute Gasteiger partial charge is 0.355 e. The molecule has 3 rings (SSSR count). The molecule has 4 atom stereocenters. The van der Waals surface area contributed by atoms with Gasteiger partial charge in [0, 0.05) is 36.2 Å². The van der Waals surface area contributed by atoms with Gasteiger partial charge >= 0.3 is 5.97 Å². The molecule has 2 heterocycles. The molecule has 1 aromatic rings. The molecule has 0 bridgehead atoms. The van der Waals surface area contributed by atoms with Gasteiger partial charge in [-0.15, -0.1) is 11.3 Å². The lowest BCUT2D eigenvalue weighted by Crippen LogP contribution is -2.50. The lowest BCUT2D eigenvalue weighted by molar-refractivity contribution is -0.129. The molecule has 144 valence electrons. The van der Waals surface area contributed by atoms with Crippen LogP contribution >= 0.6 is 23.1 Å². The van der Waals surface area contributed by atoms with Crippen LogP contribution in [0, 0.1) is 11.8 Å². The van der Waals surface area contributed by atoms with Crippen molar-refractivity contribution in [3.8, 4) is 0 Å². The Bertz CT molecular complexity index is 651. The van der Waals surface area contributed by atoms with Gasteiger partial charge < -0.3 is 15.7 Å². The van der Waals surface area contributed by atoms with Crippen molar-refractivity contribution in [3.05, 3.63) is 11.1 Å². The summed E-state index contributed by atoms with van der Waals surface area (Å²) in [5.74, 6) is 1.15. The van der Waals surface area contributed by atoms with E-state index < -0.39 is 5.97 Å². The van der Waals surface area contributed by atoms with E-state index in [9.17, 15) is 9.59 Å². The molecule has 1 saturated carbocycles. The summed E-state index contributed by atoms with van der Waals surface area (Å²) in [4.78, 5) is 29.3. The van der Waals surface area contributed by atoms with Crippen molar-refractivity contribution >= 4 is 35.0 Å². The van der Waals surface area contributed by atoms with E-state index in [2.05, 4.69) is 11.9 Å². The maximum atomic E-state index is 12.3. The van der Waals surface area contributed by atoms with Crippen LogP contribution in [0.25, 0.3) is 0 Å². The van der Waals surface area contributed by atoms with Crippen molar-refractivity contribution in [2.24, 2.45) is 17.6 Å². The van der Waals surface area contributed by atoms with Crippen molar-refractivity contribution in [2.45, 2.75) is 61.9 Å². The number of likely N-dealkylation sites (tertiary alicyclic amines) is 1. The number of aromatic nitrogens is 1. The number of aromatic carboxylic acids is 1. The van der Waals surface area contributed by atoms with E-state index in [1.807, 2.05) is 4.90 Å². The van der Waals surface area contributed by atoms with E-state index in [-0.39, 0.29) is 23.7 Å². The highest BCUT2D eigenvalue weighted by molar-refractivity contribution is 8.01. The normalized spacial score (nSPS) is 27.7. The fourth-order valence-electron chi connectivity index (χ4n) is 4.24. The van der Waals surface area contributed by atoms with Gasteiger partial charge in [0.1, 0.15) is 0 Å². The first-order valence-electron chi connectivity index (χ1n) is 9.32. The molecule has 1 aliphatic carbocycles. The molecule has 1 aliphatic heterocycles. The monoisotopic (exact) mass is 397 g/mol. The highest BCUT2D eigenvalue weighted by Crippen LogP contribution is 2.34. The second kappa shape index (κ2) is 8.71. The number of nitrogens with two attached hydrogens (primary N) is 1. The predicted molar refractivity (Wildman–Crippen MR) is 104 cm³/mol. The molecule has 1 amide bonds. The van der Waals surface area contributed by atoms with Gasteiger partial charge in [-0.3, -0.25) is 4.79 Å². The number of carbonyl (C=O) groups excluding carboxylic acids is 1. The number of carboxylic acid groups (broad SMARTS) is 1. The molecule has 26 heavy (non-hydrogen) atoms. The number of nitrogens with zero attached hydrogens (tertiary/aromatic N) is 2. The van der Waals surface area contributed by atoms with E-state index in [0.717, 1.165) is 16.7 Å². The zero-order valence-electron chi connectivity index (χ0n) is 15.1. The summed E-state index contributed by atoms with van der Waals surface area (Å²) in [6.07, 6.45) is 6.33. The first-order chi connectivity index (χ1) is 12.5. The van der Waals surface area contributed by atoms with Crippen LogP contribution in [0.3, 0.4) is 0 Å². The third-order valence-electron chi connectivity index (χ3n) is 5.60. The molecule has 3 unspecified atom stereocenters. The Morgan fingerprint density at radius 2 is 2.31 bits per heavy atom. The molecule has 0 spiro atoms. The van der Waals surface area contributed by atoms with Crippen molar-refractivity contribution in [2.75, 3.05) is 12.3 Å². The maximum absolute atomic E-state index is 12.3. The Morgan fingerprint density at radius 3 is 3.00 bits per heavy atom. The Kier molecular flexibility index (Phi) is 6.58. The summed E-state index contributed by atoms with van der Waals surface area (Å²) in [5, 5.41) is 10.5. The summed E-state index contributed by atoms with van der Waals surface area (Å²) in [7, 11) is 0. The SMILES string of the molecule is CC1CCCC(C(N)[C@H]2CCC(=O)N2CCSc2nc(C(=O)O)cs2)C1. The molecular weight excluding hydrogens is 370 g/mol. The standard InChI is InChI=1S/C18H27N3O3S2/c1-11-3-2-4-12(9-11)16(19)14-5-6-15(22)21(14)7-8-25-18-20-13(10-26-18)17(23)24/h10-12,14,16H,2-9,19H2,1H3,(H,23,24)/t11?,12?,14-,16?/m1/s1. The van der Waals surface area contributed by atoms with Crippen molar-refractivity contribution in [1.82, 2.24) is 9.88 Å². The van der Waals surface area contributed by atoms with Gasteiger partial charge in [0.2, 0.25) is 5.91 Å². The topological polar surface area (TPSA) is 96.5 Å². The molecule has 2 fully saturated rings. The van der Waals surface area contributed by atoms with E-state index in [1.54, 1.807) is 5.38 Å². The van der Waals surface area contributed by atoms with E-state index in [1.165, 1.54) is 48.8 Å². The van der Waals surface area contributed by atoms with Crippen molar-refractivity contribution in [1.29, 1.82) is 0 Å². The lowest BCUT2D eigenvalue weighted by atomic mass is 9.76. The van der Waals surface area contributed by atoms with Gasteiger partial charge in [-0.05, 0) is 31.1 Å². The van der Waals surface area contributed by atoms with Crippen LogP contribution in [0.5, 0.6) is 0 Å². The third-order valence-corrected chi connectivity index (χ3v) is 7.60. The quantitative estimate of drug-likeness (QED) is 0.686. The Labute approximate surface area is 162 Å². The number of hydrogen-bond acceptors (Lipinski definition) is 6. The second-order valence-corrected chi connectivity index (χ2v) is 9.65. The fourth-order valence-corrected chi connectivity index (χ4v) is 6.05. The Hall–Kier alpha value is -1.12. The number of amides is 1. The Morgan fingerprint density at radius 1 is 1.50 bits per heavy atom. The first-order valence-corrected chi connectivity index (χ1v) is 11.2. The zero-order valence-corrected chi connectivity index (χ0v) is 16.7. The average molecular weight is 398 g/mol. The largest absolute Gasteiger partial charge is 0.476 e. The van der Waals surface area contributed by atoms with Gasteiger partial charge in [-0.1, -0.05) is 31.5 Å². The minimum atomic E-state index is -1.00. The molecule has 3 N–H and O–H groups in total. The molecule has 0 aromatic carbocycles. The molecule has 2 aliphatic rings. The van der Waals surface area contributed by atoms with Crippen LogP contribution in [-0.4, -0.2) is 51.2 Å². The number of hydrogen-bond donors (Lipinski definition) is 2. The molecule has 0 radical (unpaired) electrons. The third kappa shape index (κ3) is 4.58. The molecule has 1 saturated heterocycles. The maximum Gasteiger partial charge on any atom is 0.355 e. The van der Waals surface area contributed by atoms with Gasteiger partial charge in [-0.25, -0.2) is 9.78 Å². The van der Waals surface area contributed by atoms with E-state index in [4.69, 9.17) is 10.8 Å². The van der Waals surface area contributed by atoms with Gasteiger partial charge in [-0.2, -0.15) is 0 Å². The van der Waals surface area contributed by atoms with Crippen LogP contribution in [0.4, 0.5) is 0 Å². The number of thioether (sulfide) groups is 1. The van der Waals surface area contributed by atoms with Crippen LogP contribution in [0.1, 0.15) is 55.9 Å². The molecule has 6 nitrogen and oxygen atoms in total. The number of carbonyl (C=O) groups is 2. The van der Waals surface area contributed by atoms with Gasteiger partial charge in [0.05, 0.1) is 0 Å². The number of rotatable bonds is 7. The van der Waals surface area contributed by atoms with Crippen LogP contribution in [-0.2, 0) is 4.79 Å². The Balaban J connectivity index is 1.54. The lowest BCUT2D eigenvalue weighted by Gasteiger charge is -2.37. The minimum absolute atomic E-state index is 0.0627. The summed E-state index contributed by atoms with van der Waals surface area (Å²) < 4.78 is 0.732. The second-order valence-electron chi connectivity index (χ2n) is 7.45. The zero-order chi connectivity index (χ0) is 18.7. The number of carboxylic acids is 1. The first kappa shape index (κ1) is 19.6. The highest BCUT2D eigenvalue weighted by Gasteiger charge is 2.38. The van der Waals surface area contributed by atoms with Crippen molar-refractivity contribution in [3.63, 3.8) is 0 Å². The molecule has 8 heteroatoms. The summed E-state index contributed by atoms with van der Waals surface area (Å²) >= 11 is 2.84. The van der Waals surface area contributed by atoms with Gasteiger partial charge in [0.15, 0.2) is 10.0 Å². The average Bonchev–Trinajstić information content (AvgIpc) is 3.22. The molecule has 1 aromatic heterocycles. The number of thiazole rings is 1. The minimum Gasteiger partial charge on any atom is -0.476 e. The van der Waals surface area contributed by atoms with Crippen molar-refractivity contribution < 1.29 is 14.7 Å². The van der Waals surface area contributed by atoms with Crippen LogP contribution in [0.2, 0.25) is 0 Å². The van der Waals surface area contributed by atoms with E-state index in [0.29, 0.717) is 24.6 Å². The van der Waals surface area contributed by atoms with Crippen LogP contribution < -0.4 is 5.73 Å². The van der Waals surface area contributed by atoms with E-state index >= 15 is 0 Å². The summed E-state index contributed by atoms with van der Waals surface area (Å²) in [6.45, 7) is 2.94.